The van der Waals surface area contributed by atoms with Crippen LogP contribution in [0, 0.1) is 5.92 Å². The lowest BCUT2D eigenvalue weighted by molar-refractivity contribution is -0.163. The molecule has 0 aromatic rings. The summed E-state index contributed by atoms with van der Waals surface area (Å²) in [5.41, 5.74) is -1.05. The van der Waals surface area contributed by atoms with Gasteiger partial charge in [0.15, 0.2) is 0 Å². The van der Waals surface area contributed by atoms with Crippen LogP contribution in [0.2, 0.25) is 0 Å². The molecular weight excluding hydrogens is 208 g/mol. The maximum absolute atomic E-state index is 11.8. The van der Waals surface area contributed by atoms with Gasteiger partial charge in [-0.1, -0.05) is 13.3 Å². The molecule has 0 spiro atoms. The van der Waals surface area contributed by atoms with E-state index in [-0.39, 0.29) is 12.1 Å². The number of hydrogen-bond donors (Lipinski definition) is 1. The van der Waals surface area contributed by atoms with Crippen molar-refractivity contribution in [2.24, 2.45) is 5.92 Å². The van der Waals surface area contributed by atoms with Crippen molar-refractivity contribution in [3.05, 3.63) is 0 Å². The molecule has 4 nitrogen and oxygen atoms in total. The minimum absolute atomic E-state index is 0.298. The molecular formula is C12H22O4. The van der Waals surface area contributed by atoms with Crippen LogP contribution in [0.5, 0.6) is 0 Å². The average Bonchev–Trinajstić information content (AvgIpc) is 2.57. The molecule has 0 aliphatic carbocycles. The Morgan fingerprint density at radius 3 is 2.75 bits per heavy atom. The maximum Gasteiger partial charge on any atom is 0.311 e. The van der Waals surface area contributed by atoms with Crippen molar-refractivity contribution < 1.29 is 19.4 Å². The molecule has 1 aliphatic rings. The van der Waals surface area contributed by atoms with E-state index in [1.807, 2.05) is 13.8 Å². The quantitative estimate of drug-likeness (QED) is 0.727. The van der Waals surface area contributed by atoms with Gasteiger partial charge in [0.05, 0.1) is 18.6 Å². The molecule has 0 saturated carbocycles. The fraction of sp³-hybridized carbons (Fsp3) is 0.917. The average molecular weight is 230 g/mol. The molecule has 4 heteroatoms. The third-order valence-corrected chi connectivity index (χ3v) is 3.33. The second-order valence-electron chi connectivity index (χ2n) is 4.35. The minimum atomic E-state index is -1.05. The molecule has 0 bridgehead atoms. The molecule has 1 saturated heterocycles. The van der Waals surface area contributed by atoms with Gasteiger partial charge >= 0.3 is 5.97 Å². The number of aliphatic hydroxyl groups is 1. The Morgan fingerprint density at radius 2 is 2.31 bits per heavy atom. The van der Waals surface area contributed by atoms with Crippen LogP contribution in [-0.2, 0) is 14.3 Å². The highest BCUT2D eigenvalue weighted by molar-refractivity contribution is 5.74. The first-order valence-corrected chi connectivity index (χ1v) is 6.06. The monoisotopic (exact) mass is 230 g/mol. The summed E-state index contributed by atoms with van der Waals surface area (Å²) in [6.45, 7) is 6.45. The number of rotatable bonds is 5. The second kappa shape index (κ2) is 5.64. The molecule has 1 N–H and O–H groups in total. The topological polar surface area (TPSA) is 55.8 Å². The first-order valence-electron chi connectivity index (χ1n) is 6.06. The van der Waals surface area contributed by atoms with Gasteiger partial charge in [-0.2, -0.15) is 0 Å². The zero-order valence-electron chi connectivity index (χ0n) is 10.4. The maximum atomic E-state index is 11.8. The number of esters is 1. The molecule has 16 heavy (non-hydrogen) atoms. The van der Waals surface area contributed by atoms with E-state index in [9.17, 15) is 9.90 Å². The van der Waals surface area contributed by atoms with Gasteiger partial charge in [-0.05, 0) is 20.3 Å². The van der Waals surface area contributed by atoms with Crippen LogP contribution in [0.25, 0.3) is 0 Å². The molecule has 1 fully saturated rings. The van der Waals surface area contributed by atoms with E-state index >= 15 is 0 Å². The van der Waals surface area contributed by atoms with Crippen molar-refractivity contribution >= 4 is 5.97 Å². The Morgan fingerprint density at radius 1 is 1.62 bits per heavy atom. The second-order valence-corrected chi connectivity index (χ2v) is 4.35. The predicted octanol–water partition coefficient (Wildman–Crippen LogP) is 1.51. The van der Waals surface area contributed by atoms with Gasteiger partial charge in [0.1, 0.15) is 5.60 Å². The summed E-state index contributed by atoms with van der Waals surface area (Å²) in [6, 6.07) is 0. The summed E-state index contributed by atoms with van der Waals surface area (Å²) in [6.07, 6.45) is 1.70. The van der Waals surface area contributed by atoms with Crippen molar-refractivity contribution in [3.8, 4) is 0 Å². The highest BCUT2D eigenvalue weighted by atomic mass is 16.5. The molecule has 94 valence electrons. The van der Waals surface area contributed by atoms with Crippen molar-refractivity contribution in [1.82, 2.24) is 0 Å². The molecule has 1 aliphatic heterocycles. The Bertz CT molecular complexity index is 241. The molecule has 3 atom stereocenters. The molecule has 0 aromatic heterocycles. The molecule has 0 amide bonds. The fourth-order valence-corrected chi connectivity index (χ4v) is 2.31. The molecule has 3 unspecified atom stereocenters. The van der Waals surface area contributed by atoms with Gasteiger partial charge in [0.25, 0.3) is 0 Å². The van der Waals surface area contributed by atoms with Crippen LogP contribution in [0.3, 0.4) is 0 Å². The van der Waals surface area contributed by atoms with E-state index in [1.54, 1.807) is 6.92 Å². The Balaban J connectivity index is 2.79. The van der Waals surface area contributed by atoms with E-state index in [4.69, 9.17) is 9.47 Å². The normalized spacial score (nSPS) is 31.4. The summed E-state index contributed by atoms with van der Waals surface area (Å²) in [7, 11) is 0. The Kier molecular flexibility index (Phi) is 4.74. The lowest BCUT2D eigenvalue weighted by atomic mass is 9.79. The van der Waals surface area contributed by atoms with Crippen LogP contribution < -0.4 is 0 Å². The van der Waals surface area contributed by atoms with Gasteiger partial charge < -0.3 is 14.6 Å². The first-order chi connectivity index (χ1) is 7.56. The van der Waals surface area contributed by atoms with Crippen LogP contribution in [0.15, 0.2) is 0 Å². The largest absolute Gasteiger partial charge is 0.466 e. The van der Waals surface area contributed by atoms with E-state index in [0.29, 0.717) is 26.1 Å². The summed E-state index contributed by atoms with van der Waals surface area (Å²) in [5, 5.41) is 10.5. The van der Waals surface area contributed by atoms with Crippen molar-refractivity contribution in [1.29, 1.82) is 0 Å². The Labute approximate surface area is 96.9 Å². The van der Waals surface area contributed by atoms with Crippen molar-refractivity contribution in [3.63, 3.8) is 0 Å². The summed E-state index contributed by atoms with van der Waals surface area (Å²) in [4.78, 5) is 11.8. The third-order valence-electron chi connectivity index (χ3n) is 3.33. The zero-order valence-corrected chi connectivity index (χ0v) is 10.4. The number of ether oxygens (including phenoxy) is 2. The van der Waals surface area contributed by atoms with Crippen molar-refractivity contribution in [2.75, 3.05) is 13.2 Å². The van der Waals surface area contributed by atoms with Crippen LogP contribution in [-0.4, -0.2) is 36.0 Å². The highest BCUT2D eigenvalue weighted by Crippen LogP contribution is 2.36. The van der Waals surface area contributed by atoms with Gasteiger partial charge in [0.2, 0.25) is 0 Å². The molecule has 1 rings (SSSR count). The Hall–Kier alpha value is -0.610. The van der Waals surface area contributed by atoms with Gasteiger partial charge in [0, 0.05) is 13.0 Å². The standard InChI is InChI=1S/C12H22O4/c1-4-6-10(11(13)15-5-2)12(14)7-8-16-9(12)3/h9-10,14H,4-8H2,1-3H3. The summed E-state index contributed by atoms with van der Waals surface area (Å²) in [5.74, 6) is -0.765. The van der Waals surface area contributed by atoms with E-state index in [1.165, 1.54) is 0 Å². The lowest BCUT2D eigenvalue weighted by Gasteiger charge is -2.33. The number of carbonyl (C=O) groups is 1. The van der Waals surface area contributed by atoms with Gasteiger partial charge in [-0.15, -0.1) is 0 Å². The first kappa shape index (κ1) is 13.5. The fourth-order valence-electron chi connectivity index (χ4n) is 2.31. The number of hydrogen-bond acceptors (Lipinski definition) is 4. The van der Waals surface area contributed by atoms with Crippen LogP contribution in [0.4, 0.5) is 0 Å². The number of carbonyl (C=O) groups excluding carboxylic acids is 1. The minimum Gasteiger partial charge on any atom is -0.466 e. The van der Waals surface area contributed by atoms with Crippen LogP contribution >= 0.6 is 0 Å². The van der Waals surface area contributed by atoms with E-state index in [0.717, 1.165) is 6.42 Å². The SMILES string of the molecule is CCCC(C(=O)OCC)C1(O)CCOC1C. The van der Waals surface area contributed by atoms with E-state index in [2.05, 4.69) is 0 Å². The van der Waals surface area contributed by atoms with Gasteiger partial charge in [-0.3, -0.25) is 4.79 Å². The highest BCUT2D eigenvalue weighted by Gasteiger charge is 2.49. The smallest absolute Gasteiger partial charge is 0.311 e. The van der Waals surface area contributed by atoms with Crippen LogP contribution in [0.1, 0.15) is 40.0 Å². The predicted molar refractivity (Wildman–Crippen MR) is 60.0 cm³/mol. The van der Waals surface area contributed by atoms with Crippen molar-refractivity contribution in [2.45, 2.75) is 51.7 Å². The summed E-state index contributed by atoms with van der Waals surface area (Å²) >= 11 is 0. The molecule has 0 aromatic carbocycles. The third kappa shape index (κ3) is 2.55. The summed E-state index contributed by atoms with van der Waals surface area (Å²) < 4.78 is 10.4. The van der Waals surface area contributed by atoms with E-state index < -0.39 is 11.5 Å². The molecule has 1 heterocycles. The van der Waals surface area contributed by atoms with Gasteiger partial charge in [-0.25, -0.2) is 0 Å². The molecule has 0 radical (unpaired) electrons. The zero-order chi connectivity index (χ0) is 12.2. The lowest BCUT2D eigenvalue weighted by Crippen LogP contribution is -2.48.